The van der Waals surface area contributed by atoms with Crippen LogP contribution in [0.15, 0.2) is 48.5 Å². The number of carbonyl (C=O) groups is 2. The molecule has 1 fully saturated rings. The van der Waals surface area contributed by atoms with Gasteiger partial charge in [0.1, 0.15) is 0 Å². The van der Waals surface area contributed by atoms with Crippen molar-refractivity contribution < 1.29 is 27.5 Å². The number of morpholine rings is 1. The van der Waals surface area contributed by atoms with Gasteiger partial charge in [0.25, 0.3) is 0 Å². The van der Waals surface area contributed by atoms with Gasteiger partial charge in [-0.25, -0.2) is 4.79 Å². The van der Waals surface area contributed by atoms with E-state index in [0.29, 0.717) is 37.7 Å². The number of hydrogen-bond donors (Lipinski definition) is 3. The van der Waals surface area contributed by atoms with E-state index in [2.05, 4.69) is 16.0 Å². The van der Waals surface area contributed by atoms with E-state index in [1.807, 2.05) is 11.0 Å². The molecule has 7 nitrogen and oxygen atoms in total. The normalized spacial score (nSPS) is 14.1. The van der Waals surface area contributed by atoms with E-state index in [1.54, 1.807) is 24.3 Å². The smallest absolute Gasteiger partial charge is 0.378 e. The van der Waals surface area contributed by atoms with Crippen molar-refractivity contribution in [1.29, 1.82) is 0 Å². The van der Waals surface area contributed by atoms with Crippen molar-refractivity contribution in [1.82, 2.24) is 5.32 Å². The average Bonchev–Trinajstić information content (AvgIpc) is 2.74. The van der Waals surface area contributed by atoms with Crippen LogP contribution in [0.5, 0.6) is 0 Å². The van der Waals surface area contributed by atoms with Crippen LogP contribution >= 0.6 is 0 Å². The van der Waals surface area contributed by atoms with Crippen molar-refractivity contribution in [3.05, 3.63) is 54.1 Å². The van der Waals surface area contributed by atoms with Gasteiger partial charge in [-0.3, -0.25) is 4.79 Å². The molecule has 1 aliphatic heterocycles. The number of para-hydroxylation sites is 1. The van der Waals surface area contributed by atoms with E-state index < -0.39 is 23.7 Å². The third-order valence-electron chi connectivity index (χ3n) is 4.62. The molecule has 0 atom stereocenters. The fourth-order valence-electron chi connectivity index (χ4n) is 3.09. The number of urea groups is 1. The monoisotopic (exact) mass is 436 g/mol. The van der Waals surface area contributed by atoms with Gasteiger partial charge < -0.3 is 25.6 Å². The van der Waals surface area contributed by atoms with E-state index in [1.165, 1.54) is 6.07 Å². The second kappa shape index (κ2) is 10.2. The molecule has 3 N–H and O–H groups in total. The van der Waals surface area contributed by atoms with Gasteiger partial charge in [0.2, 0.25) is 5.91 Å². The van der Waals surface area contributed by atoms with Crippen LogP contribution in [0, 0.1) is 0 Å². The van der Waals surface area contributed by atoms with Gasteiger partial charge in [-0.1, -0.05) is 18.2 Å². The van der Waals surface area contributed by atoms with E-state index in [-0.39, 0.29) is 18.7 Å². The molecule has 166 valence electrons. The maximum absolute atomic E-state index is 13.1. The Bertz CT molecular complexity index is 900. The molecule has 1 aliphatic rings. The quantitative estimate of drug-likeness (QED) is 0.645. The number of hydrogen-bond acceptors (Lipinski definition) is 4. The van der Waals surface area contributed by atoms with Gasteiger partial charge in [0.15, 0.2) is 0 Å². The Kier molecular flexibility index (Phi) is 7.35. The summed E-state index contributed by atoms with van der Waals surface area (Å²) in [6, 6.07) is 11.6. The number of nitrogens with zero attached hydrogens (tertiary/aromatic N) is 1. The highest BCUT2D eigenvalue weighted by Crippen LogP contribution is 2.35. The van der Waals surface area contributed by atoms with E-state index in [0.717, 1.165) is 12.1 Å². The molecule has 0 aromatic heterocycles. The second-order valence-corrected chi connectivity index (χ2v) is 6.87. The first kappa shape index (κ1) is 22.4. The molecule has 0 bridgehead atoms. The van der Waals surface area contributed by atoms with Gasteiger partial charge >= 0.3 is 12.2 Å². The average molecular weight is 436 g/mol. The Morgan fingerprint density at radius 3 is 2.39 bits per heavy atom. The molecule has 3 amide bonds. The van der Waals surface area contributed by atoms with Crippen LogP contribution in [0.25, 0.3) is 0 Å². The lowest BCUT2D eigenvalue weighted by atomic mass is 10.1. The SMILES string of the molecule is O=C(CCNC(=O)Nc1ccccc1)Nc1cc(C(F)(F)F)ccc1N1CCOCC1. The highest BCUT2D eigenvalue weighted by atomic mass is 19.4. The second-order valence-electron chi connectivity index (χ2n) is 6.87. The van der Waals surface area contributed by atoms with Crippen LogP contribution < -0.4 is 20.9 Å². The summed E-state index contributed by atoms with van der Waals surface area (Å²) < 4.78 is 44.7. The third-order valence-corrected chi connectivity index (χ3v) is 4.62. The molecule has 3 rings (SSSR count). The molecular formula is C21H23F3N4O3. The summed E-state index contributed by atoms with van der Waals surface area (Å²) in [5.41, 5.74) is 0.332. The number of alkyl halides is 3. The molecule has 0 unspecified atom stereocenters. The summed E-state index contributed by atoms with van der Waals surface area (Å²) in [5, 5.41) is 7.71. The fourth-order valence-corrected chi connectivity index (χ4v) is 3.09. The molecule has 0 saturated carbocycles. The molecule has 0 spiro atoms. The maximum atomic E-state index is 13.1. The highest BCUT2D eigenvalue weighted by Gasteiger charge is 2.31. The van der Waals surface area contributed by atoms with Gasteiger partial charge in [0.05, 0.1) is 30.2 Å². The minimum absolute atomic E-state index is 0.0242. The first-order valence-electron chi connectivity index (χ1n) is 9.76. The Labute approximate surface area is 177 Å². The fraction of sp³-hybridized carbons (Fsp3) is 0.333. The van der Waals surface area contributed by atoms with Crippen LogP contribution in [0.4, 0.5) is 35.0 Å². The van der Waals surface area contributed by atoms with Crippen molar-refractivity contribution in [2.45, 2.75) is 12.6 Å². The van der Waals surface area contributed by atoms with Crippen molar-refractivity contribution in [2.24, 2.45) is 0 Å². The summed E-state index contributed by atoms with van der Waals surface area (Å²) in [6.07, 6.45) is -4.62. The van der Waals surface area contributed by atoms with E-state index in [4.69, 9.17) is 4.74 Å². The van der Waals surface area contributed by atoms with Crippen LogP contribution in [0.1, 0.15) is 12.0 Å². The first-order chi connectivity index (χ1) is 14.8. The Morgan fingerprint density at radius 1 is 1.00 bits per heavy atom. The number of anilines is 3. The van der Waals surface area contributed by atoms with Gasteiger partial charge in [-0.15, -0.1) is 0 Å². The van der Waals surface area contributed by atoms with Crippen molar-refractivity contribution in [2.75, 3.05) is 48.4 Å². The van der Waals surface area contributed by atoms with E-state index in [9.17, 15) is 22.8 Å². The lowest BCUT2D eigenvalue weighted by molar-refractivity contribution is -0.137. The zero-order chi connectivity index (χ0) is 22.3. The summed E-state index contributed by atoms with van der Waals surface area (Å²) in [4.78, 5) is 26.1. The Hall–Kier alpha value is -3.27. The van der Waals surface area contributed by atoms with Gasteiger partial charge in [-0.05, 0) is 30.3 Å². The molecule has 2 aromatic carbocycles. The topological polar surface area (TPSA) is 82.7 Å². The number of benzene rings is 2. The number of nitrogens with one attached hydrogen (secondary N) is 3. The Balaban J connectivity index is 1.60. The minimum Gasteiger partial charge on any atom is -0.378 e. The van der Waals surface area contributed by atoms with Crippen LogP contribution in [-0.2, 0) is 15.7 Å². The van der Waals surface area contributed by atoms with E-state index >= 15 is 0 Å². The summed E-state index contributed by atoms with van der Waals surface area (Å²) in [7, 11) is 0. The predicted octanol–water partition coefficient (Wildman–Crippen LogP) is 3.69. The lowest BCUT2D eigenvalue weighted by Crippen LogP contribution is -2.37. The summed E-state index contributed by atoms with van der Waals surface area (Å²) in [6.45, 7) is 1.95. The lowest BCUT2D eigenvalue weighted by Gasteiger charge is -2.31. The standard InChI is InChI=1S/C21H23F3N4O3/c22-21(23,24)15-6-7-18(28-10-12-31-13-11-28)17(14-15)27-19(29)8-9-25-20(30)26-16-4-2-1-3-5-16/h1-7,14H,8-13H2,(H,27,29)(H2,25,26,30). The zero-order valence-corrected chi connectivity index (χ0v) is 16.7. The molecule has 10 heteroatoms. The summed E-state index contributed by atoms with van der Waals surface area (Å²) >= 11 is 0. The maximum Gasteiger partial charge on any atom is 0.416 e. The molecule has 0 radical (unpaired) electrons. The molecular weight excluding hydrogens is 413 g/mol. The molecule has 1 saturated heterocycles. The first-order valence-corrected chi connectivity index (χ1v) is 9.76. The number of carbonyl (C=O) groups excluding carboxylic acids is 2. The number of rotatable bonds is 6. The minimum atomic E-state index is -4.53. The summed E-state index contributed by atoms with van der Waals surface area (Å²) in [5.74, 6) is -0.506. The highest BCUT2D eigenvalue weighted by molar-refractivity contribution is 5.95. The largest absolute Gasteiger partial charge is 0.416 e. The predicted molar refractivity (Wildman–Crippen MR) is 111 cm³/mol. The van der Waals surface area contributed by atoms with Gasteiger partial charge in [0, 0.05) is 31.7 Å². The molecule has 0 aliphatic carbocycles. The van der Waals surface area contributed by atoms with Crippen molar-refractivity contribution >= 4 is 29.0 Å². The van der Waals surface area contributed by atoms with Crippen LogP contribution in [0.3, 0.4) is 0 Å². The molecule has 31 heavy (non-hydrogen) atoms. The Morgan fingerprint density at radius 2 is 1.71 bits per heavy atom. The molecule has 1 heterocycles. The third kappa shape index (κ3) is 6.61. The number of ether oxygens (including phenoxy) is 1. The number of amides is 3. The van der Waals surface area contributed by atoms with Crippen LogP contribution in [-0.4, -0.2) is 44.8 Å². The van der Waals surface area contributed by atoms with Crippen LogP contribution in [0.2, 0.25) is 0 Å². The van der Waals surface area contributed by atoms with Crippen molar-refractivity contribution in [3.8, 4) is 0 Å². The number of halogens is 3. The zero-order valence-electron chi connectivity index (χ0n) is 16.7. The van der Waals surface area contributed by atoms with Gasteiger partial charge in [-0.2, -0.15) is 13.2 Å². The molecule has 2 aromatic rings. The van der Waals surface area contributed by atoms with Crippen molar-refractivity contribution in [3.63, 3.8) is 0 Å².